The summed E-state index contributed by atoms with van der Waals surface area (Å²) in [6.45, 7) is 3.88. The van der Waals surface area contributed by atoms with Crippen LogP contribution in [0.5, 0.6) is 0 Å². The van der Waals surface area contributed by atoms with Gasteiger partial charge in [0.2, 0.25) is 5.91 Å². The Balaban J connectivity index is 2.25. The highest BCUT2D eigenvalue weighted by molar-refractivity contribution is 5.78. The predicted molar refractivity (Wildman–Crippen MR) is 58.1 cm³/mol. The molecule has 2 N–H and O–H groups in total. The summed E-state index contributed by atoms with van der Waals surface area (Å²) < 4.78 is 0. The average molecular weight is 198 g/mol. The Bertz CT molecular complexity index is 184. The molecular weight excluding hydrogens is 176 g/mol. The monoisotopic (exact) mass is 198 g/mol. The Morgan fingerprint density at radius 2 is 1.64 bits per heavy atom. The summed E-state index contributed by atoms with van der Waals surface area (Å²) >= 11 is 0. The van der Waals surface area contributed by atoms with E-state index in [-0.39, 0.29) is 11.8 Å². The first-order chi connectivity index (χ1) is 6.63. The molecule has 0 unspecified atom stereocenters. The lowest BCUT2D eigenvalue weighted by Gasteiger charge is -2.29. The van der Waals surface area contributed by atoms with Gasteiger partial charge in [-0.25, -0.2) is 0 Å². The lowest BCUT2D eigenvalue weighted by molar-refractivity contribution is -0.124. The van der Waals surface area contributed by atoms with Crippen molar-refractivity contribution in [1.82, 2.24) is 10.6 Å². The number of nitrogens with one attached hydrogen (secondary N) is 2. The van der Waals surface area contributed by atoms with E-state index in [0.717, 1.165) is 12.8 Å². The molecule has 0 aromatic carbocycles. The Morgan fingerprint density at radius 3 is 2.07 bits per heavy atom. The number of amides is 1. The molecule has 0 aliphatic heterocycles. The number of carbonyl (C=O) groups is 1. The molecule has 0 atom stereocenters. The van der Waals surface area contributed by atoms with E-state index in [1.165, 1.54) is 12.8 Å². The third-order valence-corrected chi connectivity index (χ3v) is 3.01. The predicted octanol–water partition coefficient (Wildman–Crippen LogP) is 1.29. The highest BCUT2D eigenvalue weighted by atomic mass is 16.1. The van der Waals surface area contributed by atoms with Gasteiger partial charge in [0.25, 0.3) is 0 Å². The fraction of sp³-hybridized carbons (Fsp3) is 0.909. The van der Waals surface area contributed by atoms with E-state index >= 15 is 0 Å². The van der Waals surface area contributed by atoms with Gasteiger partial charge in [0.1, 0.15) is 0 Å². The van der Waals surface area contributed by atoms with Crippen LogP contribution in [0.3, 0.4) is 0 Å². The van der Waals surface area contributed by atoms with Crippen LogP contribution < -0.4 is 10.6 Å². The summed E-state index contributed by atoms with van der Waals surface area (Å²) in [5, 5.41) is 6.38. The van der Waals surface area contributed by atoms with Crippen LogP contribution in [-0.2, 0) is 4.79 Å². The maximum Gasteiger partial charge on any atom is 0.222 e. The first-order valence-corrected chi connectivity index (χ1v) is 5.61. The second kappa shape index (κ2) is 5.35. The zero-order valence-corrected chi connectivity index (χ0v) is 9.47. The van der Waals surface area contributed by atoms with E-state index in [0.29, 0.717) is 12.1 Å². The van der Waals surface area contributed by atoms with E-state index < -0.39 is 0 Å². The number of hydrogen-bond acceptors (Lipinski definition) is 2. The fourth-order valence-corrected chi connectivity index (χ4v) is 1.89. The molecule has 0 radical (unpaired) electrons. The van der Waals surface area contributed by atoms with Gasteiger partial charge >= 0.3 is 0 Å². The van der Waals surface area contributed by atoms with Gasteiger partial charge in [-0.15, -0.1) is 0 Å². The lowest BCUT2D eigenvalue weighted by atomic mass is 9.91. The quantitative estimate of drug-likeness (QED) is 0.717. The molecule has 1 amide bonds. The van der Waals surface area contributed by atoms with E-state index in [2.05, 4.69) is 10.6 Å². The Labute approximate surface area is 86.6 Å². The van der Waals surface area contributed by atoms with Crippen LogP contribution in [-0.4, -0.2) is 25.0 Å². The summed E-state index contributed by atoms with van der Waals surface area (Å²) in [6.07, 6.45) is 4.59. The van der Waals surface area contributed by atoms with E-state index in [4.69, 9.17) is 0 Å². The molecular formula is C11H22N2O. The summed E-state index contributed by atoms with van der Waals surface area (Å²) in [5.74, 6) is 0.301. The zero-order chi connectivity index (χ0) is 10.6. The Morgan fingerprint density at radius 1 is 1.14 bits per heavy atom. The SMILES string of the molecule is CNC1CCC(NC(=O)C(C)C)CC1. The maximum atomic E-state index is 11.4. The van der Waals surface area contributed by atoms with Crippen LogP contribution in [0.15, 0.2) is 0 Å². The fourth-order valence-electron chi connectivity index (χ4n) is 1.89. The summed E-state index contributed by atoms with van der Waals surface area (Å²) in [7, 11) is 2.01. The van der Waals surface area contributed by atoms with Gasteiger partial charge in [-0.1, -0.05) is 13.8 Å². The first-order valence-electron chi connectivity index (χ1n) is 5.61. The van der Waals surface area contributed by atoms with Crippen molar-refractivity contribution in [3.05, 3.63) is 0 Å². The van der Waals surface area contributed by atoms with Crippen LogP contribution in [0, 0.1) is 5.92 Å². The zero-order valence-electron chi connectivity index (χ0n) is 9.47. The van der Waals surface area contributed by atoms with Crippen LogP contribution in [0.1, 0.15) is 39.5 Å². The van der Waals surface area contributed by atoms with Crippen LogP contribution >= 0.6 is 0 Å². The van der Waals surface area contributed by atoms with Gasteiger partial charge < -0.3 is 10.6 Å². The van der Waals surface area contributed by atoms with Crippen molar-refractivity contribution in [2.24, 2.45) is 5.92 Å². The molecule has 82 valence electrons. The van der Waals surface area contributed by atoms with Gasteiger partial charge in [0.15, 0.2) is 0 Å². The molecule has 1 aliphatic carbocycles. The molecule has 3 nitrogen and oxygen atoms in total. The van der Waals surface area contributed by atoms with Crippen molar-refractivity contribution < 1.29 is 4.79 Å². The maximum absolute atomic E-state index is 11.4. The molecule has 0 spiro atoms. The van der Waals surface area contributed by atoms with Crippen molar-refractivity contribution >= 4 is 5.91 Å². The molecule has 0 bridgehead atoms. The standard InChI is InChI=1S/C11H22N2O/c1-8(2)11(14)13-10-6-4-9(12-3)5-7-10/h8-10,12H,4-7H2,1-3H3,(H,13,14). The van der Waals surface area contributed by atoms with Crippen molar-refractivity contribution in [2.45, 2.75) is 51.6 Å². The molecule has 0 saturated heterocycles. The molecule has 0 heterocycles. The first kappa shape index (κ1) is 11.5. The summed E-state index contributed by atoms with van der Waals surface area (Å²) in [4.78, 5) is 11.4. The number of hydrogen-bond donors (Lipinski definition) is 2. The minimum absolute atomic E-state index is 0.108. The number of carbonyl (C=O) groups excluding carboxylic acids is 1. The topological polar surface area (TPSA) is 41.1 Å². The minimum atomic E-state index is 0.108. The van der Waals surface area contributed by atoms with Crippen LogP contribution in [0.4, 0.5) is 0 Å². The smallest absolute Gasteiger partial charge is 0.222 e. The second-order valence-electron chi connectivity index (χ2n) is 4.50. The molecule has 1 rings (SSSR count). The van der Waals surface area contributed by atoms with Gasteiger partial charge in [0.05, 0.1) is 0 Å². The number of rotatable bonds is 3. The van der Waals surface area contributed by atoms with Gasteiger partial charge in [-0.2, -0.15) is 0 Å². The highest BCUT2D eigenvalue weighted by Crippen LogP contribution is 2.18. The normalized spacial score (nSPS) is 27.7. The third kappa shape index (κ3) is 3.29. The van der Waals surface area contributed by atoms with E-state index in [1.54, 1.807) is 0 Å². The Kier molecular flexibility index (Phi) is 4.39. The van der Waals surface area contributed by atoms with Gasteiger partial charge in [-0.05, 0) is 32.7 Å². The minimum Gasteiger partial charge on any atom is -0.353 e. The molecule has 1 saturated carbocycles. The highest BCUT2D eigenvalue weighted by Gasteiger charge is 2.21. The average Bonchev–Trinajstić information content (AvgIpc) is 2.19. The molecule has 3 heteroatoms. The largest absolute Gasteiger partial charge is 0.353 e. The van der Waals surface area contributed by atoms with E-state index in [9.17, 15) is 4.79 Å². The lowest BCUT2D eigenvalue weighted by Crippen LogP contribution is -2.42. The van der Waals surface area contributed by atoms with Crippen molar-refractivity contribution in [3.63, 3.8) is 0 Å². The molecule has 0 aromatic heterocycles. The molecule has 1 aliphatic rings. The van der Waals surface area contributed by atoms with Gasteiger partial charge in [0, 0.05) is 18.0 Å². The van der Waals surface area contributed by atoms with E-state index in [1.807, 2.05) is 20.9 Å². The van der Waals surface area contributed by atoms with Crippen molar-refractivity contribution in [2.75, 3.05) is 7.05 Å². The molecule has 14 heavy (non-hydrogen) atoms. The second-order valence-corrected chi connectivity index (χ2v) is 4.50. The summed E-state index contributed by atoms with van der Waals surface area (Å²) in [6, 6.07) is 1.07. The van der Waals surface area contributed by atoms with Crippen molar-refractivity contribution in [1.29, 1.82) is 0 Å². The van der Waals surface area contributed by atoms with Crippen LogP contribution in [0.2, 0.25) is 0 Å². The van der Waals surface area contributed by atoms with Crippen molar-refractivity contribution in [3.8, 4) is 0 Å². The van der Waals surface area contributed by atoms with Gasteiger partial charge in [-0.3, -0.25) is 4.79 Å². The third-order valence-electron chi connectivity index (χ3n) is 3.01. The van der Waals surface area contributed by atoms with Crippen LogP contribution in [0.25, 0.3) is 0 Å². The molecule has 0 aromatic rings. The molecule has 1 fully saturated rings. The summed E-state index contributed by atoms with van der Waals surface area (Å²) in [5.41, 5.74) is 0. The Hall–Kier alpha value is -0.570.